The van der Waals surface area contributed by atoms with Gasteiger partial charge in [0, 0.05) is 17.9 Å². The van der Waals surface area contributed by atoms with Crippen molar-refractivity contribution in [3.63, 3.8) is 0 Å². The Morgan fingerprint density at radius 2 is 2.75 bits per heavy atom. The summed E-state index contributed by atoms with van der Waals surface area (Å²) in [6.45, 7) is 0.811. The summed E-state index contributed by atoms with van der Waals surface area (Å²) >= 11 is 2.01. The Bertz CT molecular complexity index is 219. The first kappa shape index (κ1) is 8.13. The first-order valence-corrected chi connectivity index (χ1v) is 5.31. The molecule has 1 unspecified atom stereocenters. The molecule has 0 radical (unpaired) electrons. The van der Waals surface area contributed by atoms with E-state index in [1.807, 2.05) is 17.8 Å². The molecule has 1 fully saturated rings. The fourth-order valence-electron chi connectivity index (χ4n) is 1.27. The molecule has 0 bridgehead atoms. The van der Waals surface area contributed by atoms with Gasteiger partial charge in [0.1, 0.15) is 5.76 Å². The number of rotatable bonds is 3. The van der Waals surface area contributed by atoms with Gasteiger partial charge in [-0.3, -0.25) is 0 Å². The number of hydrogen-bond donors (Lipinski definition) is 1. The molecule has 1 aliphatic rings. The normalized spacial score (nSPS) is 23.2. The minimum atomic E-state index is 0.667. The van der Waals surface area contributed by atoms with Crippen LogP contribution >= 0.6 is 11.8 Å². The Labute approximate surface area is 75.9 Å². The minimum absolute atomic E-state index is 0.667. The van der Waals surface area contributed by atoms with Crippen molar-refractivity contribution in [3.05, 3.63) is 18.0 Å². The van der Waals surface area contributed by atoms with E-state index in [-0.39, 0.29) is 0 Å². The van der Waals surface area contributed by atoms with Gasteiger partial charge >= 0.3 is 0 Å². The van der Waals surface area contributed by atoms with Crippen LogP contribution in [0.25, 0.3) is 0 Å². The second kappa shape index (κ2) is 3.96. The molecule has 0 saturated carbocycles. The Morgan fingerprint density at radius 3 is 3.42 bits per heavy atom. The molecule has 0 aromatic carbocycles. The van der Waals surface area contributed by atoms with Gasteiger partial charge < -0.3 is 9.84 Å². The van der Waals surface area contributed by atoms with Gasteiger partial charge in [-0.15, -0.1) is 0 Å². The van der Waals surface area contributed by atoms with Crippen LogP contribution < -0.4 is 5.32 Å². The Kier molecular flexibility index (Phi) is 2.68. The lowest BCUT2D eigenvalue weighted by atomic mass is 10.2. The first-order chi connectivity index (χ1) is 5.95. The zero-order valence-electron chi connectivity index (χ0n) is 6.82. The third kappa shape index (κ3) is 2.01. The molecule has 4 heteroatoms. The van der Waals surface area contributed by atoms with Gasteiger partial charge in [0.15, 0.2) is 0 Å². The standard InChI is InChI=1S/C8H12N2OS/c1-3-10-11-8(1)5-9-7-2-4-12-6-7/h1,3,7,9H,2,4-6H2. The average Bonchev–Trinajstić information content (AvgIpc) is 2.74. The lowest BCUT2D eigenvalue weighted by Crippen LogP contribution is -2.27. The summed E-state index contributed by atoms with van der Waals surface area (Å²) in [5.74, 6) is 3.44. The van der Waals surface area contributed by atoms with E-state index in [2.05, 4.69) is 10.5 Å². The van der Waals surface area contributed by atoms with Crippen LogP contribution in [0.5, 0.6) is 0 Å². The zero-order valence-corrected chi connectivity index (χ0v) is 7.64. The second-order valence-corrected chi connectivity index (χ2v) is 4.07. The highest BCUT2D eigenvalue weighted by molar-refractivity contribution is 7.99. The number of thioether (sulfide) groups is 1. The molecule has 1 saturated heterocycles. The highest BCUT2D eigenvalue weighted by Gasteiger charge is 2.14. The van der Waals surface area contributed by atoms with Crippen LogP contribution in [0, 0.1) is 0 Å². The van der Waals surface area contributed by atoms with Crippen LogP contribution in [0.1, 0.15) is 12.2 Å². The summed E-state index contributed by atoms with van der Waals surface area (Å²) in [6, 6.07) is 2.56. The molecule has 12 heavy (non-hydrogen) atoms. The first-order valence-electron chi connectivity index (χ1n) is 4.16. The third-order valence-electron chi connectivity index (χ3n) is 1.99. The molecule has 0 aliphatic carbocycles. The molecule has 1 N–H and O–H groups in total. The Morgan fingerprint density at radius 1 is 1.75 bits per heavy atom. The van der Waals surface area contributed by atoms with Crippen LogP contribution in [0.4, 0.5) is 0 Å². The summed E-state index contributed by atoms with van der Waals surface area (Å²) in [7, 11) is 0. The van der Waals surface area contributed by atoms with Crippen molar-refractivity contribution in [1.82, 2.24) is 10.5 Å². The largest absolute Gasteiger partial charge is 0.360 e. The molecule has 0 amide bonds. The smallest absolute Gasteiger partial charge is 0.150 e. The molecule has 0 spiro atoms. The van der Waals surface area contributed by atoms with Crippen LogP contribution in [0.15, 0.2) is 16.8 Å². The van der Waals surface area contributed by atoms with Crippen molar-refractivity contribution in [2.45, 2.75) is 19.0 Å². The summed E-state index contributed by atoms with van der Waals surface area (Å²) < 4.78 is 4.97. The number of aromatic nitrogens is 1. The van der Waals surface area contributed by atoms with Crippen LogP contribution in [0.3, 0.4) is 0 Å². The van der Waals surface area contributed by atoms with E-state index in [4.69, 9.17) is 4.52 Å². The van der Waals surface area contributed by atoms with E-state index in [0.717, 1.165) is 12.3 Å². The fraction of sp³-hybridized carbons (Fsp3) is 0.625. The van der Waals surface area contributed by atoms with E-state index in [1.165, 1.54) is 17.9 Å². The van der Waals surface area contributed by atoms with Gasteiger partial charge in [-0.25, -0.2) is 0 Å². The monoisotopic (exact) mass is 184 g/mol. The molecule has 2 heterocycles. The maximum absolute atomic E-state index is 4.97. The lowest BCUT2D eigenvalue weighted by Gasteiger charge is -2.07. The highest BCUT2D eigenvalue weighted by Crippen LogP contribution is 2.17. The second-order valence-electron chi connectivity index (χ2n) is 2.92. The quantitative estimate of drug-likeness (QED) is 0.767. The van der Waals surface area contributed by atoms with Gasteiger partial charge in [0.25, 0.3) is 0 Å². The van der Waals surface area contributed by atoms with Gasteiger partial charge in [0.05, 0.1) is 12.7 Å². The summed E-state index contributed by atoms with van der Waals surface area (Å²) in [4.78, 5) is 0. The Balaban J connectivity index is 1.74. The molecule has 1 aromatic rings. The molecular weight excluding hydrogens is 172 g/mol. The number of nitrogens with one attached hydrogen (secondary N) is 1. The van der Waals surface area contributed by atoms with Gasteiger partial charge in [-0.2, -0.15) is 11.8 Å². The van der Waals surface area contributed by atoms with Gasteiger partial charge in [-0.1, -0.05) is 5.16 Å². The van der Waals surface area contributed by atoms with E-state index in [0.29, 0.717) is 6.04 Å². The maximum Gasteiger partial charge on any atom is 0.150 e. The third-order valence-corrected chi connectivity index (χ3v) is 3.15. The minimum Gasteiger partial charge on any atom is -0.360 e. The zero-order chi connectivity index (χ0) is 8.23. The van der Waals surface area contributed by atoms with E-state index in [1.54, 1.807) is 6.20 Å². The van der Waals surface area contributed by atoms with Crippen molar-refractivity contribution in [3.8, 4) is 0 Å². The average molecular weight is 184 g/mol. The van der Waals surface area contributed by atoms with Crippen molar-refractivity contribution in [2.24, 2.45) is 0 Å². The van der Waals surface area contributed by atoms with Crippen LogP contribution in [-0.2, 0) is 6.54 Å². The summed E-state index contributed by atoms with van der Waals surface area (Å²) in [5, 5.41) is 7.08. The fourth-order valence-corrected chi connectivity index (χ4v) is 2.46. The summed E-state index contributed by atoms with van der Waals surface area (Å²) in [5.41, 5.74) is 0. The van der Waals surface area contributed by atoms with Gasteiger partial charge in [0.2, 0.25) is 0 Å². The van der Waals surface area contributed by atoms with E-state index < -0.39 is 0 Å². The Hall–Kier alpha value is -0.480. The van der Waals surface area contributed by atoms with Crippen LogP contribution in [0.2, 0.25) is 0 Å². The molecule has 66 valence electrons. The van der Waals surface area contributed by atoms with Crippen molar-refractivity contribution < 1.29 is 4.52 Å². The lowest BCUT2D eigenvalue weighted by molar-refractivity contribution is 0.366. The predicted octanol–water partition coefficient (Wildman–Crippen LogP) is 1.27. The van der Waals surface area contributed by atoms with Crippen LogP contribution in [-0.4, -0.2) is 22.7 Å². The number of hydrogen-bond acceptors (Lipinski definition) is 4. The maximum atomic E-state index is 4.97. The molecule has 1 aromatic heterocycles. The molecule has 1 atom stereocenters. The summed E-state index contributed by atoms with van der Waals surface area (Å²) in [6.07, 6.45) is 2.96. The number of nitrogens with zero attached hydrogens (tertiary/aromatic N) is 1. The van der Waals surface area contributed by atoms with E-state index in [9.17, 15) is 0 Å². The van der Waals surface area contributed by atoms with E-state index >= 15 is 0 Å². The molecule has 2 rings (SSSR count). The topological polar surface area (TPSA) is 38.1 Å². The van der Waals surface area contributed by atoms with Gasteiger partial charge in [-0.05, 0) is 12.2 Å². The molecular formula is C8H12N2OS. The highest BCUT2D eigenvalue weighted by atomic mass is 32.2. The van der Waals surface area contributed by atoms with Crippen molar-refractivity contribution >= 4 is 11.8 Å². The molecule has 3 nitrogen and oxygen atoms in total. The van der Waals surface area contributed by atoms with Crippen molar-refractivity contribution in [1.29, 1.82) is 0 Å². The van der Waals surface area contributed by atoms with Crippen molar-refractivity contribution in [2.75, 3.05) is 11.5 Å². The SMILES string of the molecule is c1cc(CNC2CCSC2)on1. The molecule has 1 aliphatic heterocycles. The predicted molar refractivity (Wildman–Crippen MR) is 49.1 cm³/mol.